The molecule has 0 aliphatic heterocycles. The van der Waals surface area contributed by atoms with Crippen molar-refractivity contribution in [3.63, 3.8) is 0 Å². The van der Waals surface area contributed by atoms with E-state index in [0.717, 1.165) is 24.8 Å². The second kappa shape index (κ2) is 5.14. The molecule has 3 aromatic rings. The molecule has 3 fully saturated rings. The van der Waals surface area contributed by atoms with Gasteiger partial charge < -0.3 is 14.2 Å². The zero-order valence-corrected chi connectivity index (χ0v) is 15.9. The van der Waals surface area contributed by atoms with Gasteiger partial charge in [-0.1, -0.05) is 11.6 Å². The molecule has 2 bridgehead atoms. The zero-order chi connectivity index (χ0) is 19.0. The number of furan rings is 1. The molecule has 1 atom stereocenters. The fourth-order valence-electron chi connectivity index (χ4n) is 4.23. The minimum Gasteiger partial charge on any atom is -0.441 e. The van der Waals surface area contributed by atoms with Crippen molar-refractivity contribution >= 4 is 38.3 Å². The summed E-state index contributed by atoms with van der Waals surface area (Å²) < 4.78 is 30.4. The second-order valence-corrected chi connectivity index (χ2v) is 10.2. The van der Waals surface area contributed by atoms with Gasteiger partial charge >= 0.3 is 0 Å². The molecule has 1 aromatic carbocycles. The smallest absolute Gasteiger partial charge is 0.287 e. The normalized spacial score (nSPS) is 28.2. The number of halogens is 1. The molecule has 9 heteroatoms. The summed E-state index contributed by atoms with van der Waals surface area (Å²) in [5.74, 6) is 0.403. The van der Waals surface area contributed by atoms with Crippen LogP contribution in [0.1, 0.15) is 35.7 Å². The largest absolute Gasteiger partial charge is 0.441 e. The number of hydrogen-bond acceptors (Lipinski definition) is 6. The number of nitrogens with one attached hydrogen (secondary N) is 2. The van der Waals surface area contributed by atoms with E-state index in [4.69, 9.17) is 25.2 Å². The van der Waals surface area contributed by atoms with Crippen LogP contribution in [0.3, 0.4) is 0 Å². The Morgan fingerprint density at radius 2 is 2.00 bits per heavy atom. The van der Waals surface area contributed by atoms with E-state index in [2.05, 4.69) is 10.3 Å². The summed E-state index contributed by atoms with van der Waals surface area (Å²) in [4.78, 5) is 17.0. The van der Waals surface area contributed by atoms with Crippen molar-refractivity contribution in [3.8, 4) is 0 Å². The quantitative estimate of drug-likeness (QED) is 0.687. The minimum absolute atomic E-state index is 0.00634. The molecule has 1 amide bonds. The van der Waals surface area contributed by atoms with E-state index in [1.807, 2.05) is 6.07 Å². The highest BCUT2D eigenvalue weighted by molar-refractivity contribution is 7.91. The maximum Gasteiger partial charge on any atom is 0.287 e. The minimum atomic E-state index is -2.98. The van der Waals surface area contributed by atoms with Crippen molar-refractivity contribution in [3.05, 3.63) is 47.0 Å². The number of amides is 1. The molecule has 6 rings (SSSR count). The van der Waals surface area contributed by atoms with Crippen LogP contribution in [0.5, 0.6) is 0 Å². The van der Waals surface area contributed by atoms with Gasteiger partial charge in [-0.15, -0.1) is 0 Å². The average molecular weight is 406 g/mol. The maximum atomic E-state index is 12.4. The fraction of sp³-hybridized carbons (Fsp3) is 0.333. The van der Waals surface area contributed by atoms with Gasteiger partial charge in [0.2, 0.25) is 5.89 Å². The fourth-order valence-corrected chi connectivity index (χ4v) is 4.97. The number of hydrogen-bond donors (Lipinski definition) is 2. The molecule has 140 valence electrons. The van der Waals surface area contributed by atoms with Crippen molar-refractivity contribution in [2.24, 2.45) is 0 Å². The molecule has 0 spiro atoms. The summed E-state index contributed by atoms with van der Waals surface area (Å²) in [6.45, 7) is 0. The number of fused-ring (bicyclic) bond motifs is 1. The van der Waals surface area contributed by atoms with Crippen molar-refractivity contribution in [2.45, 2.75) is 35.3 Å². The molecule has 1 unspecified atom stereocenters. The standard InChI is InChI=1S/C18H16ClN3O4S/c1-27(20,24)14-5-4-12(25-14)15(23)22-18-7-17(8-18,9-18)16-21-11-3-2-10(19)6-13(11)26-16/h2-6,20H,7-9H2,1H3,(H,22,23). The summed E-state index contributed by atoms with van der Waals surface area (Å²) in [7, 11) is -2.98. The van der Waals surface area contributed by atoms with Crippen LogP contribution in [0.2, 0.25) is 5.02 Å². The second-order valence-electron chi connectivity index (χ2n) is 7.64. The molecule has 0 saturated heterocycles. The number of nitrogens with zero attached hydrogens (tertiary/aromatic N) is 1. The lowest BCUT2D eigenvalue weighted by molar-refractivity contribution is -0.0958. The van der Waals surface area contributed by atoms with Gasteiger partial charge in [0.1, 0.15) is 15.2 Å². The predicted octanol–water partition coefficient (Wildman–Crippen LogP) is 3.71. The Bertz CT molecular complexity index is 1190. The third kappa shape index (κ3) is 2.50. The van der Waals surface area contributed by atoms with E-state index in [0.29, 0.717) is 16.5 Å². The summed E-state index contributed by atoms with van der Waals surface area (Å²) in [6.07, 6.45) is 3.51. The van der Waals surface area contributed by atoms with Crippen molar-refractivity contribution < 1.29 is 17.8 Å². The Morgan fingerprint density at radius 1 is 1.26 bits per heavy atom. The number of carbonyl (C=O) groups excluding carboxylic acids is 1. The molecule has 7 nitrogen and oxygen atoms in total. The molecular weight excluding hydrogens is 390 g/mol. The first-order valence-corrected chi connectivity index (χ1v) is 10.8. The highest BCUT2D eigenvalue weighted by atomic mass is 35.5. The third-order valence-electron chi connectivity index (χ3n) is 5.40. The number of benzene rings is 1. The highest BCUT2D eigenvalue weighted by Gasteiger charge is 2.71. The molecule has 27 heavy (non-hydrogen) atoms. The number of carbonyl (C=O) groups is 1. The van der Waals surface area contributed by atoms with Gasteiger partial charge in [0, 0.05) is 22.9 Å². The number of rotatable bonds is 4. The topological polar surface area (TPSA) is 109 Å². The van der Waals surface area contributed by atoms with Gasteiger partial charge in [-0.25, -0.2) is 14.0 Å². The van der Waals surface area contributed by atoms with E-state index in [1.54, 1.807) is 12.1 Å². The summed E-state index contributed by atoms with van der Waals surface area (Å²) in [5, 5.41) is 3.61. The van der Waals surface area contributed by atoms with Crippen LogP contribution < -0.4 is 5.32 Å². The van der Waals surface area contributed by atoms with E-state index in [1.165, 1.54) is 18.4 Å². The molecule has 3 saturated carbocycles. The van der Waals surface area contributed by atoms with E-state index in [9.17, 15) is 9.00 Å². The Hall–Kier alpha value is -2.32. The summed E-state index contributed by atoms with van der Waals surface area (Å²) in [5.41, 5.74) is 1.03. The lowest BCUT2D eigenvalue weighted by Crippen LogP contribution is -2.76. The van der Waals surface area contributed by atoms with E-state index >= 15 is 0 Å². The highest BCUT2D eigenvalue weighted by Crippen LogP contribution is 2.67. The van der Waals surface area contributed by atoms with E-state index < -0.39 is 9.73 Å². The first-order chi connectivity index (χ1) is 12.7. The Labute approximate surface area is 160 Å². The zero-order valence-electron chi connectivity index (χ0n) is 14.4. The first kappa shape index (κ1) is 16.8. The monoisotopic (exact) mass is 405 g/mol. The summed E-state index contributed by atoms with van der Waals surface area (Å²) >= 11 is 5.99. The molecule has 3 aliphatic carbocycles. The van der Waals surface area contributed by atoms with Crippen LogP contribution in [0.4, 0.5) is 0 Å². The van der Waals surface area contributed by atoms with Gasteiger partial charge in [0.15, 0.2) is 16.4 Å². The Morgan fingerprint density at radius 3 is 2.67 bits per heavy atom. The van der Waals surface area contributed by atoms with Crippen LogP contribution in [0.15, 0.2) is 44.3 Å². The van der Waals surface area contributed by atoms with Gasteiger partial charge in [-0.3, -0.25) is 4.79 Å². The molecule has 2 heterocycles. The lowest BCUT2D eigenvalue weighted by atomic mass is 9.39. The predicted molar refractivity (Wildman–Crippen MR) is 98.5 cm³/mol. The first-order valence-electron chi connectivity index (χ1n) is 8.41. The van der Waals surface area contributed by atoms with Crippen molar-refractivity contribution in [2.75, 3.05) is 6.26 Å². The van der Waals surface area contributed by atoms with Gasteiger partial charge in [0.25, 0.3) is 5.91 Å². The van der Waals surface area contributed by atoms with Crippen LogP contribution in [0.25, 0.3) is 11.1 Å². The molecule has 2 aromatic heterocycles. The average Bonchev–Trinajstić information content (AvgIpc) is 3.14. The van der Waals surface area contributed by atoms with Crippen LogP contribution in [-0.4, -0.2) is 26.9 Å². The van der Waals surface area contributed by atoms with Crippen LogP contribution in [-0.2, 0) is 15.1 Å². The Kier molecular flexibility index (Phi) is 3.20. The summed E-state index contributed by atoms with van der Waals surface area (Å²) in [6, 6.07) is 8.23. The molecular formula is C18H16ClN3O4S. The number of aromatic nitrogens is 1. The lowest BCUT2D eigenvalue weighted by Gasteiger charge is -2.68. The van der Waals surface area contributed by atoms with Gasteiger partial charge in [-0.05, 0) is 43.5 Å². The van der Waals surface area contributed by atoms with Crippen LogP contribution >= 0.6 is 11.6 Å². The van der Waals surface area contributed by atoms with Gasteiger partial charge in [-0.2, -0.15) is 0 Å². The van der Waals surface area contributed by atoms with Gasteiger partial charge in [0.05, 0.1) is 5.41 Å². The SMILES string of the molecule is CS(=N)(=O)c1ccc(C(=O)NC23CC(c4nc5ccc(Cl)cc5o4)(C2)C3)o1. The molecule has 0 radical (unpaired) electrons. The van der Waals surface area contributed by atoms with E-state index in [-0.39, 0.29) is 27.7 Å². The van der Waals surface area contributed by atoms with Crippen molar-refractivity contribution in [1.82, 2.24) is 10.3 Å². The molecule has 3 aliphatic rings. The maximum absolute atomic E-state index is 12.4. The Balaban J connectivity index is 1.30. The van der Waals surface area contributed by atoms with Crippen LogP contribution in [0, 0.1) is 4.78 Å². The third-order valence-corrected chi connectivity index (χ3v) is 6.62. The number of oxazole rings is 1. The molecule has 2 N–H and O–H groups in total. The van der Waals surface area contributed by atoms with Crippen molar-refractivity contribution in [1.29, 1.82) is 4.78 Å².